The first-order chi connectivity index (χ1) is 9.19. The summed E-state index contributed by atoms with van der Waals surface area (Å²) in [7, 11) is 1.42. The third kappa shape index (κ3) is 2.18. The van der Waals surface area contributed by atoms with Gasteiger partial charge in [0.2, 0.25) is 0 Å². The van der Waals surface area contributed by atoms with E-state index in [0.29, 0.717) is 6.42 Å². The molecule has 1 aliphatic carbocycles. The minimum Gasteiger partial charge on any atom is -0.466 e. The molecule has 0 spiro atoms. The molecule has 1 atom stereocenters. The molecule has 1 aromatic rings. The Kier molecular flexibility index (Phi) is 3.14. The number of fused-ring (bicyclic) bond motifs is 1. The molecule has 2 heterocycles. The largest absolute Gasteiger partial charge is 0.466 e. The van der Waals surface area contributed by atoms with Crippen molar-refractivity contribution in [3.63, 3.8) is 0 Å². The molecule has 5 heteroatoms. The molecule has 0 bridgehead atoms. The fraction of sp³-hybridized carbons (Fsp3) is 0.571. The Labute approximate surface area is 112 Å². The molecular formula is C14H18N2O3. The van der Waals surface area contributed by atoms with Gasteiger partial charge in [0.15, 0.2) is 0 Å². The molecule has 2 aliphatic rings. The molecule has 5 nitrogen and oxygen atoms in total. The molecular weight excluding hydrogens is 244 g/mol. The van der Waals surface area contributed by atoms with Crippen molar-refractivity contribution in [2.75, 3.05) is 13.7 Å². The normalized spacial score (nSPS) is 21.4. The van der Waals surface area contributed by atoms with Gasteiger partial charge in [-0.2, -0.15) is 0 Å². The maximum Gasteiger partial charge on any atom is 0.333 e. The number of hydrogen-bond donors (Lipinski definition) is 0. The highest BCUT2D eigenvalue weighted by Gasteiger charge is 2.25. The predicted octanol–water partition coefficient (Wildman–Crippen LogP) is 1.48. The lowest BCUT2D eigenvalue weighted by molar-refractivity contribution is -0.136. The van der Waals surface area contributed by atoms with E-state index in [2.05, 4.69) is 9.55 Å². The Bertz CT molecular complexity index is 541. The number of rotatable bonds is 3. The van der Waals surface area contributed by atoms with E-state index in [0.717, 1.165) is 48.8 Å². The summed E-state index contributed by atoms with van der Waals surface area (Å²) >= 11 is 0. The van der Waals surface area contributed by atoms with E-state index in [1.54, 1.807) is 0 Å². The van der Waals surface area contributed by atoms with E-state index in [-0.39, 0.29) is 12.1 Å². The lowest BCUT2D eigenvalue weighted by Gasteiger charge is -2.28. The predicted molar refractivity (Wildman–Crippen MR) is 69.6 cm³/mol. The van der Waals surface area contributed by atoms with Gasteiger partial charge in [0, 0.05) is 12.2 Å². The summed E-state index contributed by atoms with van der Waals surface area (Å²) in [5, 5.41) is 0. The van der Waals surface area contributed by atoms with Crippen molar-refractivity contribution in [1.82, 2.24) is 9.55 Å². The Hall–Kier alpha value is -1.62. The first-order valence-electron chi connectivity index (χ1n) is 6.65. The van der Waals surface area contributed by atoms with E-state index in [4.69, 9.17) is 9.47 Å². The van der Waals surface area contributed by atoms with E-state index < -0.39 is 0 Å². The number of imidazole rings is 1. The number of methoxy groups -OCH3 is 1. The molecule has 0 N–H and O–H groups in total. The standard InChI is InChI=1S/C14H18N2O3/c1-9-15-12-4-3-10(14(17)18-2)7-13(12)16(9)8-11-5-6-19-11/h7,11H,3-6,8H2,1-2H3. The van der Waals surface area contributed by atoms with Crippen LogP contribution in [0.5, 0.6) is 0 Å². The van der Waals surface area contributed by atoms with Gasteiger partial charge in [0.05, 0.1) is 31.1 Å². The number of nitrogens with zero attached hydrogens (tertiary/aromatic N) is 2. The Morgan fingerprint density at radius 1 is 1.58 bits per heavy atom. The lowest BCUT2D eigenvalue weighted by atomic mass is 10.00. The van der Waals surface area contributed by atoms with E-state index in [1.165, 1.54) is 7.11 Å². The van der Waals surface area contributed by atoms with E-state index >= 15 is 0 Å². The average molecular weight is 262 g/mol. The molecule has 0 saturated carbocycles. The number of hydrogen-bond acceptors (Lipinski definition) is 4. The van der Waals surface area contributed by atoms with Crippen LogP contribution in [-0.4, -0.2) is 35.3 Å². The fourth-order valence-electron chi connectivity index (χ4n) is 2.63. The van der Waals surface area contributed by atoms with Crippen LogP contribution in [-0.2, 0) is 27.2 Å². The third-order valence-electron chi connectivity index (χ3n) is 3.84. The molecule has 0 amide bonds. The number of aryl methyl sites for hydroxylation is 2. The number of carbonyl (C=O) groups excluding carboxylic acids is 1. The van der Waals surface area contributed by atoms with Gasteiger partial charge in [-0.15, -0.1) is 0 Å². The van der Waals surface area contributed by atoms with Gasteiger partial charge in [-0.05, 0) is 32.3 Å². The third-order valence-corrected chi connectivity index (χ3v) is 3.84. The topological polar surface area (TPSA) is 53.3 Å². The van der Waals surface area contributed by atoms with Crippen molar-refractivity contribution in [2.45, 2.75) is 38.8 Å². The van der Waals surface area contributed by atoms with Gasteiger partial charge in [-0.1, -0.05) is 0 Å². The lowest BCUT2D eigenvalue weighted by Crippen LogP contribution is -2.32. The summed E-state index contributed by atoms with van der Waals surface area (Å²) in [5.41, 5.74) is 2.84. The molecule has 0 radical (unpaired) electrons. The van der Waals surface area contributed by atoms with Crippen molar-refractivity contribution in [3.8, 4) is 0 Å². The van der Waals surface area contributed by atoms with Crippen LogP contribution in [0.3, 0.4) is 0 Å². The van der Waals surface area contributed by atoms with Crippen molar-refractivity contribution < 1.29 is 14.3 Å². The van der Waals surface area contributed by atoms with Crippen LogP contribution >= 0.6 is 0 Å². The van der Waals surface area contributed by atoms with Crippen LogP contribution in [0.4, 0.5) is 0 Å². The van der Waals surface area contributed by atoms with Gasteiger partial charge in [0.25, 0.3) is 0 Å². The first kappa shape index (κ1) is 12.4. The van der Waals surface area contributed by atoms with Crippen molar-refractivity contribution >= 4 is 12.0 Å². The highest BCUT2D eigenvalue weighted by atomic mass is 16.5. The van der Waals surface area contributed by atoms with Crippen LogP contribution < -0.4 is 0 Å². The smallest absolute Gasteiger partial charge is 0.333 e. The molecule has 1 saturated heterocycles. The van der Waals surface area contributed by atoms with Crippen molar-refractivity contribution in [1.29, 1.82) is 0 Å². The number of aromatic nitrogens is 2. The second-order valence-corrected chi connectivity index (χ2v) is 5.04. The zero-order valence-electron chi connectivity index (χ0n) is 11.3. The van der Waals surface area contributed by atoms with Crippen molar-refractivity contribution in [2.24, 2.45) is 0 Å². The Morgan fingerprint density at radius 3 is 3.00 bits per heavy atom. The van der Waals surface area contributed by atoms with Crippen molar-refractivity contribution in [3.05, 3.63) is 22.8 Å². The molecule has 1 aliphatic heterocycles. The van der Waals surface area contributed by atoms with Crippen LogP contribution in [0.1, 0.15) is 30.1 Å². The highest BCUT2D eigenvalue weighted by molar-refractivity contribution is 5.94. The zero-order chi connectivity index (χ0) is 13.4. The SMILES string of the molecule is COC(=O)C1=Cc2c(nc(C)n2CC2CCO2)CC1. The molecule has 3 rings (SSSR count). The zero-order valence-corrected chi connectivity index (χ0v) is 11.3. The maximum absolute atomic E-state index is 11.6. The Balaban J connectivity index is 1.92. The molecule has 0 aromatic carbocycles. The summed E-state index contributed by atoms with van der Waals surface area (Å²) in [6.07, 6.45) is 4.81. The van der Waals surface area contributed by atoms with Crippen LogP contribution in [0.25, 0.3) is 6.08 Å². The Morgan fingerprint density at radius 2 is 2.37 bits per heavy atom. The minimum atomic E-state index is -0.240. The quantitative estimate of drug-likeness (QED) is 0.774. The van der Waals surface area contributed by atoms with Gasteiger partial charge in [0.1, 0.15) is 5.82 Å². The first-order valence-corrected chi connectivity index (χ1v) is 6.65. The second kappa shape index (κ2) is 4.81. The minimum absolute atomic E-state index is 0.240. The molecule has 1 unspecified atom stereocenters. The monoisotopic (exact) mass is 262 g/mol. The number of esters is 1. The van der Waals surface area contributed by atoms with Crippen LogP contribution in [0, 0.1) is 6.92 Å². The second-order valence-electron chi connectivity index (χ2n) is 5.04. The molecule has 19 heavy (non-hydrogen) atoms. The summed E-state index contributed by atoms with van der Waals surface area (Å²) in [6.45, 7) is 3.67. The summed E-state index contributed by atoms with van der Waals surface area (Å²) < 4.78 is 12.4. The maximum atomic E-state index is 11.6. The average Bonchev–Trinajstić information content (AvgIpc) is 2.67. The van der Waals surface area contributed by atoms with Gasteiger partial charge in [-0.25, -0.2) is 9.78 Å². The van der Waals surface area contributed by atoms with E-state index in [1.807, 2.05) is 13.0 Å². The van der Waals surface area contributed by atoms with Crippen LogP contribution in [0.2, 0.25) is 0 Å². The fourth-order valence-corrected chi connectivity index (χ4v) is 2.63. The summed E-state index contributed by atoms with van der Waals surface area (Å²) in [5.74, 6) is 0.749. The summed E-state index contributed by atoms with van der Waals surface area (Å²) in [6, 6.07) is 0. The van der Waals surface area contributed by atoms with E-state index in [9.17, 15) is 4.79 Å². The van der Waals surface area contributed by atoms with Crippen LogP contribution in [0.15, 0.2) is 5.57 Å². The van der Waals surface area contributed by atoms with Gasteiger partial charge >= 0.3 is 5.97 Å². The van der Waals surface area contributed by atoms with Gasteiger partial charge in [-0.3, -0.25) is 0 Å². The summed E-state index contributed by atoms with van der Waals surface area (Å²) in [4.78, 5) is 16.2. The molecule has 1 fully saturated rings. The molecule has 1 aromatic heterocycles. The molecule has 102 valence electrons. The number of ether oxygens (including phenoxy) is 2. The number of carbonyl (C=O) groups is 1. The highest BCUT2D eigenvalue weighted by Crippen LogP contribution is 2.27. The van der Waals surface area contributed by atoms with Gasteiger partial charge < -0.3 is 14.0 Å².